The number of oxazole rings is 1. The number of benzene rings is 1. The van der Waals surface area contributed by atoms with E-state index in [4.69, 9.17) is 21.8 Å². The average molecular weight is 524 g/mol. The van der Waals surface area contributed by atoms with Crippen molar-refractivity contribution in [2.75, 3.05) is 44.3 Å². The molecule has 1 saturated heterocycles. The number of halogens is 1. The number of rotatable bonds is 7. The van der Waals surface area contributed by atoms with E-state index in [0.717, 1.165) is 6.54 Å². The standard InChI is InChI=1S/C24H26ClN9O3/c1-3-32(2)9-4-5-18(35)33-10-8-15(12-33)34-22-19(21(26)27-13-28-22)20(31-34)23(36)30-24-29-16-11-14(25)6-7-17(16)37-24/h4-7,11,13,15H,3,8-10,12H2,1-2H3,(H2,26,27,28)(H,29,30,36)/b5-4+. The molecule has 37 heavy (non-hydrogen) atoms. The van der Waals surface area contributed by atoms with Crippen LogP contribution in [0.2, 0.25) is 5.02 Å². The third-order valence-corrected chi connectivity index (χ3v) is 6.58. The minimum absolute atomic E-state index is 0.00136. The fraction of sp³-hybridized carbons (Fsp3) is 0.333. The lowest BCUT2D eigenvalue weighted by molar-refractivity contribution is -0.125. The Morgan fingerprint density at radius 3 is 3.00 bits per heavy atom. The molecule has 4 heterocycles. The number of fused-ring (bicyclic) bond motifs is 2. The van der Waals surface area contributed by atoms with Crippen molar-refractivity contribution in [1.82, 2.24) is 34.5 Å². The molecule has 0 bridgehead atoms. The number of likely N-dealkylation sites (N-methyl/N-ethyl adjacent to an activating group) is 1. The van der Waals surface area contributed by atoms with E-state index in [1.165, 1.54) is 6.33 Å². The zero-order valence-corrected chi connectivity index (χ0v) is 21.1. The molecular formula is C24H26ClN9O3. The molecule has 3 aromatic heterocycles. The number of anilines is 2. The first-order valence-electron chi connectivity index (χ1n) is 11.8. The van der Waals surface area contributed by atoms with E-state index in [1.807, 2.05) is 13.1 Å². The van der Waals surface area contributed by atoms with Crippen LogP contribution in [0, 0.1) is 0 Å². The Morgan fingerprint density at radius 1 is 1.35 bits per heavy atom. The highest BCUT2D eigenvalue weighted by atomic mass is 35.5. The summed E-state index contributed by atoms with van der Waals surface area (Å²) < 4.78 is 7.25. The Morgan fingerprint density at radius 2 is 2.19 bits per heavy atom. The highest BCUT2D eigenvalue weighted by molar-refractivity contribution is 6.31. The van der Waals surface area contributed by atoms with E-state index < -0.39 is 5.91 Å². The average Bonchev–Trinajstić information content (AvgIpc) is 3.60. The van der Waals surface area contributed by atoms with Crippen molar-refractivity contribution in [1.29, 1.82) is 0 Å². The normalized spacial score (nSPS) is 16.0. The molecule has 0 saturated carbocycles. The third kappa shape index (κ3) is 4.98. The number of hydrogen-bond donors (Lipinski definition) is 2. The van der Waals surface area contributed by atoms with Crippen molar-refractivity contribution in [2.24, 2.45) is 0 Å². The zero-order valence-electron chi connectivity index (χ0n) is 20.4. The van der Waals surface area contributed by atoms with E-state index in [0.29, 0.717) is 53.2 Å². The van der Waals surface area contributed by atoms with Gasteiger partial charge in [0.05, 0.1) is 11.4 Å². The van der Waals surface area contributed by atoms with Gasteiger partial charge in [0.2, 0.25) is 5.91 Å². The van der Waals surface area contributed by atoms with Gasteiger partial charge in [-0.1, -0.05) is 24.6 Å². The number of nitrogen functional groups attached to an aromatic ring is 1. The number of likely N-dealkylation sites (tertiary alicyclic amines) is 1. The van der Waals surface area contributed by atoms with E-state index >= 15 is 0 Å². The van der Waals surface area contributed by atoms with Crippen molar-refractivity contribution < 1.29 is 14.0 Å². The summed E-state index contributed by atoms with van der Waals surface area (Å²) in [5.41, 5.74) is 7.57. The van der Waals surface area contributed by atoms with Crippen LogP contribution in [-0.4, -0.2) is 79.6 Å². The first-order chi connectivity index (χ1) is 17.8. The second kappa shape index (κ2) is 10.1. The molecule has 4 aromatic rings. The van der Waals surface area contributed by atoms with Gasteiger partial charge < -0.3 is 20.0 Å². The number of carbonyl (C=O) groups is 2. The van der Waals surface area contributed by atoms with Crippen LogP contribution in [0.15, 0.2) is 41.1 Å². The van der Waals surface area contributed by atoms with Crippen LogP contribution in [0.5, 0.6) is 0 Å². The molecular weight excluding hydrogens is 498 g/mol. The van der Waals surface area contributed by atoms with Gasteiger partial charge in [0.1, 0.15) is 17.7 Å². The highest BCUT2D eigenvalue weighted by Crippen LogP contribution is 2.30. The van der Waals surface area contributed by atoms with Gasteiger partial charge in [0, 0.05) is 30.7 Å². The third-order valence-electron chi connectivity index (χ3n) is 6.34. The molecule has 2 amide bonds. The number of nitrogens with zero attached hydrogens (tertiary/aromatic N) is 7. The van der Waals surface area contributed by atoms with Gasteiger partial charge in [-0.05, 0) is 38.2 Å². The van der Waals surface area contributed by atoms with E-state index in [-0.39, 0.29) is 29.5 Å². The van der Waals surface area contributed by atoms with Crippen molar-refractivity contribution >= 4 is 57.4 Å². The summed E-state index contributed by atoms with van der Waals surface area (Å²) >= 11 is 6.01. The second-order valence-electron chi connectivity index (χ2n) is 8.82. The second-order valence-corrected chi connectivity index (χ2v) is 9.26. The van der Waals surface area contributed by atoms with Crippen molar-refractivity contribution in [2.45, 2.75) is 19.4 Å². The zero-order chi connectivity index (χ0) is 26.1. The number of carbonyl (C=O) groups excluding carboxylic acids is 2. The summed E-state index contributed by atoms with van der Waals surface area (Å²) in [5.74, 6) is -0.511. The van der Waals surface area contributed by atoms with Crippen LogP contribution in [0.4, 0.5) is 11.8 Å². The van der Waals surface area contributed by atoms with Gasteiger partial charge in [0.25, 0.3) is 5.91 Å². The Kier molecular flexibility index (Phi) is 6.76. The van der Waals surface area contributed by atoms with Crippen LogP contribution in [0.25, 0.3) is 22.1 Å². The molecule has 1 aliphatic rings. The van der Waals surface area contributed by atoms with E-state index in [2.05, 4.69) is 37.2 Å². The molecule has 0 radical (unpaired) electrons. The minimum Gasteiger partial charge on any atom is -0.423 e. The largest absolute Gasteiger partial charge is 0.423 e. The SMILES string of the molecule is CCN(C)C/C=C/C(=O)N1CCC(n2nc(C(=O)Nc3nc4cc(Cl)ccc4o3)c3c(N)ncnc32)C1. The lowest BCUT2D eigenvalue weighted by Crippen LogP contribution is -2.28. The lowest BCUT2D eigenvalue weighted by Gasteiger charge is -2.15. The van der Waals surface area contributed by atoms with Crippen molar-refractivity contribution in [3.05, 3.63) is 47.4 Å². The molecule has 1 fully saturated rings. The van der Waals surface area contributed by atoms with Crippen molar-refractivity contribution in [3.8, 4) is 0 Å². The maximum atomic E-state index is 13.2. The fourth-order valence-corrected chi connectivity index (χ4v) is 4.40. The summed E-state index contributed by atoms with van der Waals surface area (Å²) in [7, 11) is 1.99. The quantitative estimate of drug-likeness (QED) is 0.349. The summed E-state index contributed by atoms with van der Waals surface area (Å²) in [6.07, 6.45) is 5.44. The predicted octanol–water partition coefficient (Wildman–Crippen LogP) is 2.74. The Labute approximate surface area is 217 Å². The number of aromatic nitrogens is 5. The summed E-state index contributed by atoms with van der Waals surface area (Å²) in [5, 5.41) is 8.01. The highest BCUT2D eigenvalue weighted by Gasteiger charge is 2.31. The molecule has 3 N–H and O–H groups in total. The Hall–Kier alpha value is -4.03. The molecule has 0 spiro atoms. The molecule has 1 aromatic carbocycles. The molecule has 13 heteroatoms. The fourth-order valence-electron chi connectivity index (χ4n) is 4.23. The van der Waals surface area contributed by atoms with Gasteiger partial charge >= 0.3 is 6.01 Å². The monoisotopic (exact) mass is 523 g/mol. The first-order valence-corrected chi connectivity index (χ1v) is 12.2. The molecule has 1 unspecified atom stereocenters. The maximum Gasteiger partial charge on any atom is 0.302 e. The number of hydrogen-bond acceptors (Lipinski definition) is 9. The number of nitrogens with two attached hydrogens (primary N) is 1. The van der Waals surface area contributed by atoms with Crippen LogP contribution in [-0.2, 0) is 4.79 Å². The Balaban J connectivity index is 1.38. The van der Waals surface area contributed by atoms with Gasteiger partial charge in [-0.2, -0.15) is 10.1 Å². The van der Waals surface area contributed by atoms with Gasteiger partial charge in [-0.3, -0.25) is 14.9 Å². The molecule has 1 atom stereocenters. The van der Waals surface area contributed by atoms with Crippen LogP contribution in [0.3, 0.4) is 0 Å². The number of nitrogens with one attached hydrogen (secondary N) is 1. The first kappa shape index (κ1) is 24.7. The topological polar surface area (TPSA) is 148 Å². The molecule has 5 rings (SSSR count). The minimum atomic E-state index is -0.572. The van der Waals surface area contributed by atoms with E-state index in [9.17, 15) is 9.59 Å². The Bertz CT molecular complexity index is 1510. The molecule has 192 valence electrons. The van der Waals surface area contributed by atoms with Crippen LogP contribution < -0.4 is 11.1 Å². The summed E-state index contributed by atoms with van der Waals surface area (Å²) in [4.78, 5) is 42.4. The molecule has 12 nitrogen and oxygen atoms in total. The molecule has 0 aliphatic carbocycles. The molecule has 1 aliphatic heterocycles. The number of amides is 2. The van der Waals surface area contributed by atoms with Gasteiger partial charge in [-0.25, -0.2) is 14.6 Å². The van der Waals surface area contributed by atoms with E-state index in [1.54, 1.807) is 33.9 Å². The smallest absolute Gasteiger partial charge is 0.302 e. The predicted molar refractivity (Wildman–Crippen MR) is 139 cm³/mol. The van der Waals surface area contributed by atoms with Crippen LogP contribution in [0.1, 0.15) is 29.9 Å². The lowest BCUT2D eigenvalue weighted by atomic mass is 10.2. The van der Waals surface area contributed by atoms with Gasteiger partial charge in [-0.15, -0.1) is 0 Å². The summed E-state index contributed by atoms with van der Waals surface area (Å²) in [6.45, 7) is 4.65. The van der Waals surface area contributed by atoms with Crippen molar-refractivity contribution in [3.63, 3.8) is 0 Å². The summed E-state index contributed by atoms with van der Waals surface area (Å²) in [6, 6.07) is 4.79. The van der Waals surface area contributed by atoms with Gasteiger partial charge in [0.15, 0.2) is 16.9 Å². The van der Waals surface area contributed by atoms with Crippen LogP contribution >= 0.6 is 11.6 Å². The maximum absolute atomic E-state index is 13.2.